The molecule has 0 saturated heterocycles. The van der Waals surface area contributed by atoms with Gasteiger partial charge in [-0.2, -0.15) is 0 Å². The van der Waals surface area contributed by atoms with Crippen LogP contribution in [0.3, 0.4) is 0 Å². The highest BCUT2D eigenvalue weighted by Gasteiger charge is 2.19. The Bertz CT molecular complexity index is 711. The molecular formula is C17H19N3O3. The maximum atomic E-state index is 8.63. The molecule has 6 nitrogen and oxygen atoms in total. The summed E-state index contributed by atoms with van der Waals surface area (Å²) in [5.41, 5.74) is 11.2. The third-order valence-electron chi connectivity index (χ3n) is 3.42. The fourth-order valence-corrected chi connectivity index (χ4v) is 2.39. The number of hydrogen-bond donors (Lipinski definition) is 0. The van der Waals surface area contributed by atoms with Gasteiger partial charge in [-0.15, -0.1) is 0 Å². The van der Waals surface area contributed by atoms with E-state index in [-0.39, 0.29) is 6.54 Å². The van der Waals surface area contributed by atoms with E-state index in [0.717, 1.165) is 11.1 Å². The molecule has 2 rings (SSSR count). The average Bonchev–Trinajstić information content (AvgIpc) is 2.59. The van der Waals surface area contributed by atoms with Gasteiger partial charge in [0, 0.05) is 10.5 Å². The Labute approximate surface area is 135 Å². The number of rotatable bonds is 7. The van der Waals surface area contributed by atoms with Crippen LogP contribution in [-0.2, 0) is 13.2 Å². The van der Waals surface area contributed by atoms with Crippen molar-refractivity contribution in [1.29, 1.82) is 0 Å². The average molecular weight is 313 g/mol. The molecule has 0 aliphatic rings. The van der Waals surface area contributed by atoms with Crippen LogP contribution in [0.2, 0.25) is 0 Å². The summed E-state index contributed by atoms with van der Waals surface area (Å²) in [6, 6.07) is 11.7. The van der Waals surface area contributed by atoms with Gasteiger partial charge in [0.1, 0.15) is 12.4 Å². The van der Waals surface area contributed by atoms with Crippen LogP contribution in [0.1, 0.15) is 16.7 Å². The smallest absolute Gasteiger partial charge is 0.168 e. The zero-order chi connectivity index (χ0) is 16.7. The summed E-state index contributed by atoms with van der Waals surface area (Å²) in [6.07, 6.45) is 0. The Morgan fingerprint density at radius 3 is 2.43 bits per heavy atom. The first-order valence-electron chi connectivity index (χ1n) is 7.13. The first-order chi connectivity index (χ1) is 11.2. The molecule has 2 aromatic rings. The first kappa shape index (κ1) is 16.5. The summed E-state index contributed by atoms with van der Waals surface area (Å²) < 4.78 is 16.8. The summed E-state index contributed by atoms with van der Waals surface area (Å²) in [5.74, 6) is 1.76. The number of methoxy groups -OCH3 is 2. The van der Waals surface area contributed by atoms with E-state index in [9.17, 15) is 0 Å². The third kappa shape index (κ3) is 3.87. The van der Waals surface area contributed by atoms with Crippen LogP contribution in [0.5, 0.6) is 17.2 Å². The van der Waals surface area contributed by atoms with Crippen LogP contribution in [0.15, 0.2) is 41.5 Å². The molecule has 6 heteroatoms. The molecule has 0 bridgehead atoms. The Morgan fingerprint density at radius 1 is 1.09 bits per heavy atom. The second-order valence-corrected chi connectivity index (χ2v) is 4.90. The topological polar surface area (TPSA) is 76.5 Å². The van der Waals surface area contributed by atoms with Crippen molar-refractivity contribution >= 4 is 0 Å². The summed E-state index contributed by atoms with van der Waals surface area (Å²) in [4.78, 5) is 2.82. The summed E-state index contributed by atoms with van der Waals surface area (Å²) in [5, 5.41) is 3.65. The number of hydrogen-bond acceptors (Lipinski definition) is 4. The highest BCUT2D eigenvalue weighted by molar-refractivity contribution is 5.58. The maximum Gasteiger partial charge on any atom is 0.168 e. The standard InChI is InChI=1S/C17H19N3O3/c1-12-9-15(21-2)17(14(10-19-20-18)16(12)22-3)23-11-13-7-5-4-6-8-13/h4-9H,10-11H2,1-3H3. The minimum absolute atomic E-state index is 0.127. The summed E-state index contributed by atoms with van der Waals surface area (Å²) in [6.45, 7) is 2.41. The molecular weight excluding hydrogens is 294 g/mol. The van der Waals surface area contributed by atoms with Gasteiger partial charge < -0.3 is 14.2 Å². The molecule has 0 aliphatic heterocycles. The number of azide groups is 1. The van der Waals surface area contributed by atoms with Gasteiger partial charge in [-0.1, -0.05) is 35.4 Å². The van der Waals surface area contributed by atoms with Gasteiger partial charge >= 0.3 is 0 Å². The predicted molar refractivity (Wildman–Crippen MR) is 87.9 cm³/mol. The molecule has 0 fully saturated rings. The molecule has 23 heavy (non-hydrogen) atoms. The van der Waals surface area contributed by atoms with Crippen molar-refractivity contribution in [3.63, 3.8) is 0 Å². The maximum absolute atomic E-state index is 8.63. The monoisotopic (exact) mass is 313 g/mol. The van der Waals surface area contributed by atoms with Crippen LogP contribution in [0, 0.1) is 6.92 Å². The Hall–Kier alpha value is -2.85. The Balaban J connectivity index is 2.43. The highest BCUT2D eigenvalue weighted by Crippen LogP contribution is 2.41. The Morgan fingerprint density at radius 2 is 1.83 bits per heavy atom. The molecule has 0 aliphatic carbocycles. The van der Waals surface area contributed by atoms with Gasteiger partial charge in [0.25, 0.3) is 0 Å². The molecule has 0 spiro atoms. The van der Waals surface area contributed by atoms with Crippen molar-refractivity contribution in [2.75, 3.05) is 14.2 Å². The van der Waals surface area contributed by atoms with E-state index >= 15 is 0 Å². The zero-order valence-electron chi connectivity index (χ0n) is 13.4. The number of nitrogens with zero attached hydrogens (tertiary/aromatic N) is 3. The van der Waals surface area contributed by atoms with Crippen LogP contribution >= 0.6 is 0 Å². The molecule has 0 radical (unpaired) electrons. The first-order valence-corrected chi connectivity index (χ1v) is 7.13. The van der Waals surface area contributed by atoms with Crippen molar-refractivity contribution in [1.82, 2.24) is 0 Å². The normalized spacial score (nSPS) is 9.87. The second-order valence-electron chi connectivity index (χ2n) is 4.90. The van der Waals surface area contributed by atoms with Crippen molar-refractivity contribution in [3.05, 3.63) is 63.5 Å². The van der Waals surface area contributed by atoms with Gasteiger partial charge in [-0.05, 0) is 29.6 Å². The lowest BCUT2D eigenvalue weighted by atomic mass is 10.1. The molecule has 0 N–H and O–H groups in total. The minimum Gasteiger partial charge on any atom is -0.496 e. The molecule has 0 atom stereocenters. The predicted octanol–water partition coefficient (Wildman–Crippen LogP) is 4.40. The molecule has 0 unspecified atom stereocenters. The van der Waals surface area contributed by atoms with Crippen molar-refractivity contribution in [3.8, 4) is 17.2 Å². The van der Waals surface area contributed by atoms with E-state index < -0.39 is 0 Å². The second kappa shape index (κ2) is 7.96. The highest BCUT2D eigenvalue weighted by atomic mass is 16.5. The van der Waals surface area contributed by atoms with Gasteiger partial charge in [-0.25, -0.2) is 0 Å². The van der Waals surface area contributed by atoms with E-state index in [4.69, 9.17) is 19.7 Å². The van der Waals surface area contributed by atoms with E-state index in [2.05, 4.69) is 10.0 Å². The van der Waals surface area contributed by atoms with Crippen molar-refractivity contribution < 1.29 is 14.2 Å². The van der Waals surface area contributed by atoms with Crippen LogP contribution < -0.4 is 14.2 Å². The van der Waals surface area contributed by atoms with Crippen LogP contribution in [0.4, 0.5) is 0 Å². The Kier molecular flexibility index (Phi) is 5.72. The van der Waals surface area contributed by atoms with Gasteiger partial charge in [0.05, 0.1) is 20.8 Å². The lowest BCUT2D eigenvalue weighted by Crippen LogP contribution is -2.04. The molecule has 0 heterocycles. The van der Waals surface area contributed by atoms with E-state index in [1.165, 1.54) is 0 Å². The largest absolute Gasteiger partial charge is 0.496 e. The fraction of sp³-hybridized carbons (Fsp3) is 0.294. The van der Waals surface area contributed by atoms with Crippen LogP contribution in [0.25, 0.3) is 10.4 Å². The van der Waals surface area contributed by atoms with Crippen molar-refractivity contribution in [2.24, 2.45) is 5.11 Å². The summed E-state index contributed by atoms with van der Waals surface area (Å²) >= 11 is 0. The molecule has 0 saturated carbocycles. The van der Waals surface area contributed by atoms with E-state index in [1.807, 2.05) is 43.3 Å². The lowest BCUT2D eigenvalue weighted by Gasteiger charge is -2.19. The minimum atomic E-state index is 0.127. The van der Waals surface area contributed by atoms with Gasteiger partial charge in [0.2, 0.25) is 0 Å². The van der Waals surface area contributed by atoms with Gasteiger partial charge in [0.15, 0.2) is 11.5 Å². The molecule has 0 amide bonds. The van der Waals surface area contributed by atoms with Crippen LogP contribution in [-0.4, -0.2) is 14.2 Å². The lowest BCUT2D eigenvalue weighted by molar-refractivity contribution is 0.278. The van der Waals surface area contributed by atoms with E-state index in [0.29, 0.717) is 29.4 Å². The zero-order valence-corrected chi connectivity index (χ0v) is 13.4. The van der Waals surface area contributed by atoms with Gasteiger partial charge in [-0.3, -0.25) is 0 Å². The number of ether oxygens (including phenoxy) is 3. The van der Waals surface area contributed by atoms with E-state index in [1.54, 1.807) is 14.2 Å². The molecule has 120 valence electrons. The van der Waals surface area contributed by atoms with Crippen molar-refractivity contribution in [2.45, 2.75) is 20.1 Å². The number of aryl methyl sites for hydroxylation is 1. The molecule has 0 aromatic heterocycles. The fourth-order valence-electron chi connectivity index (χ4n) is 2.39. The number of benzene rings is 2. The SMILES string of the molecule is COc1cc(C)c(OC)c(CN=[N+]=[N-])c1OCc1ccccc1. The quantitative estimate of drug-likeness (QED) is 0.432. The summed E-state index contributed by atoms with van der Waals surface area (Å²) in [7, 11) is 3.16. The third-order valence-corrected chi connectivity index (χ3v) is 3.42. The molecule has 2 aromatic carbocycles.